The smallest absolute Gasteiger partial charge is 0.223 e. The first-order valence-corrected chi connectivity index (χ1v) is 6.47. The van der Waals surface area contributed by atoms with E-state index in [-0.39, 0.29) is 5.91 Å². The molecule has 1 saturated heterocycles. The molecule has 1 heterocycles. The molecular formula is C15H17FN2O. The second-order valence-electron chi connectivity index (χ2n) is 5.44. The Morgan fingerprint density at radius 3 is 2.79 bits per heavy atom. The average molecular weight is 260 g/mol. The molecule has 100 valence electrons. The summed E-state index contributed by atoms with van der Waals surface area (Å²) in [6.07, 6.45) is 0.568. The number of hydrogen-bond donors (Lipinski definition) is 0. The molecule has 0 saturated carbocycles. The van der Waals surface area contributed by atoms with Crippen molar-refractivity contribution in [3.05, 3.63) is 35.1 Å². The number of carbonyl (C=O) groups is 1. The summed E-state index contributed by atoms with van der Waals surface area (Å²) in [6, 6.07) is 6.15. The molecule has 0 N–H and O–H groups in total. The van der Waals surface area contributed by atoms with Gasteiger partial charge in [0.25, 0.3) is 0 Å². The highest BCUT2D eigenvalue weighted by Crippen LogP contribution is 2.26. The highest BCUT2D eigenvalue weighted by molar-refractivity contribution is 5.78. The molecule has 0 aromatic heterocycles. The van der Waals surface area contributed by atoms with Crippen LogP contribution in [0.15, 0.2) is 18.2 Å². The third-order valence-electron chi connectivity index (χ3n) is 3.65. The Morgan fingerprint density at radius 1 is 1.47 bits per heavy atom. The van der Waals surface area contributed by atoms with Gasteiger partial charge in [-0.1, -0.05) is 13.8 Å². The number of nitrogens with zero attached hydrogens (tertiary/aromatic N) is 2. The number of amides is 1. The van der Waals surface area contributed by atoms with Gasteiger partial charge in [-0.25, -0.2) is 4.39 Å². The van der Waals surface area contributed by atoms with E-state index in [1.54, 1.807) is 11.0 Å². The normalized spacial score (nSPS) is 19.0. The first-order chi connectivity index (χ1) is 8.99. The monoisotopic (exact) mass is 260 g/mol. The molecule has 4 heteroatoms. The Kier molecular flexibility index (Phi) is 3.84. The molecule has 1 aromatic rings. The van der Waals surface area contributed by atoms with Crippen molar-refractivity contribution in [3.63, 3.8) is 0 Å². The largest absolute Gasteiger partial charge is 0.338 e. The number of halogens is 1. The number of rotatable bonds is 3. The van der Waals surface area contributed by atoms with Crippen LogP contribution in [0.3, 0.4) is 0 Å². The first-order valence-electron chi connectivity index (χ1n) is 6.47. The van der Waals surface area contributed by atoms with Crippen LogP contribution in [0.2, 0.25) is 0 Å². The molecular weight excluding hydrogens is 243 g/mol. The third kappa shape index (κ3) is 3.11. The zero-order valence-electron chi connectivity index (χ0n) is 11.2. The van der Waals surface area contributed by atoms with E-state index in [0.717, 1.165) is 6.54 Å². The van der Waals surface area contributed by atoms with Crippen molar-refractivity contribution in [2.45, 2.75) is 26.8 Å². The minimum absolute atomic E-state index is 0.112. The molecule has 0 radical (unpaired) electrons. The maximum Gasteiger partial charge on any atom is 0.223 e. The molecule has 1 aliphatic heterocycles. The first kappa shape index (κ1) is 13.5. The number of hydrogen-bond acceptors (Lipinski definition) is 2. The van der Waals surface area contributed by atoms with Crippen LogP contribution < -0.4 is 0 Å². The minimum Gasteiger partial charge on any atom is -0.338 e. The van der Waals surface area contributed by atoms with E-state index in [1.165, 1.54) is 12.1 Å². The van der Waals surface area contributed by atoms with Gasteiger partial charge in [0, 0.05) is 19.5 Å². The lowest BCUT2D eigenvalue weighted by molar-refractivity contribution is -0.128. The fourth-order valence-electron chi connectivity index (χ4n) is 2.43. The van der Waals surface area contributed by atoms with Crippen LogP contribution in [0.25, 0.3) is 0 Å². The second-order valence-corrected chi connectivity index (χ2v) is 5.44. The fraction of sp³-hybridized carbons (Fsp3) is 0.467. The second kappa shape index (κ2) is 5.40. The topological polar surface area (TPSA) is 44.1 Å². The van der Waals surface area contributed by atoms with E-state index in [9.17, 15) is 9.18 Å². The summed E-state index contributed by atoms with van der Waals surface area (Å²) < 4.78 is 13.3. The van der Waals surface area contributed by atoms with Crippen molar-refractivity contribution in [1.29, 1.82) is 5.26 Å². The van der Waals surface area contributed by atoms with E-state index >= 15 is 0 Å². The van der Waals surface area contributed by atoms with E-state index in [0.29, 0.717) is 35.9 Å². The molecule has 1 aromatic carbocycles. The van der Waals surface area contributed by atoms with Gasteiger partial charge in [-0.15, -0.1) is 0 Å². The summed E-state index contributed by atoms with van der Waals surface area (Å²) in [6.45, 7) is 5.32. The summed E-state index contributed by atoms with van der Waals surface area (Å²) in [5, 5.41) is 8.82. The van der Waals surface area contributed by atoms with E-state index in [4.69, 9.17) is 5.26 Å². The molecule has 1 fully saturated rings. The summed E-state index contributed by atoms with van der Waals surface area (Å²) in [5.41, 5.74) is 0.969. The highest BCUT2D eigenvalue weighted by atomic mass is 19.1. The van der Waals surface area contributed by atoms with E-state index in [1.807, 2.05) is 6.07 Å². The zero-order chi connectivity index (χ0) is 14.0. The van der Waals surface area contributed by atoms with Crippen LogP contribution in [0.1, 0.15) is 31.4 Å². The predicted molar refractivity (Wildman–Crippen MR) is 69.5 cm³/mol. The molecule has 0 bridgehead atoms. The predicted octanol–water partition coefficient (Wildman–Crippen LogP) is 2.70. The Labute approximate surface area is 112 Å². The van der Waals surface area contributed by atoms with Crippen LogP contribution >= 0.6 is 0 Å². The number of carbonyl (C=O) groups excluding carboxylic acids is 1. The van der Waals surface area contributed by atoms with Crippen LogP contribution in [-0.2, 0) is 11.3 Å². The number of benzene rings is 1. The number of likely N-dealkylation sites (tertiary alicyclic amines) is 1. The van der Waals surface area contributed by atoms with Crippen LogP contribution in [0.5, 0.6) is 0 Å². The SMILES string of the molecule is CC(C)C1CC(=O)N(Cc2cc(F)cc(C#N)c2)C1. The van der Waals surface area contributed by atoms with Gasteiger partial charge in [0.2, 0.25) is 5.91 Å². The van der Waals surface area contributed by atoms with Gasteiger partial charge in [0.1, 0.15) is 5.82 Å². The Morgan fingerprint density at radius 2 is 2.21 bits per heavy atom. The molecule has 1 unspecified atom stereocenters. The van der Waals surface area contributed by atoms with Crippen molar-refractivity contribution in [2.75, 3.05) is 6.54 Å². The van der Waals surface area contributed by atoms with Crippen molar-refractivity contribution < 1.29 is 9.18 Å². The van der Waals surface area contributed by atoms with Gasteiger partial charge in [-0.2, -0.15) is 5.26 Å². The van der Waals surface area contributed by atoms with Crippen LogP contribution in [-0.4, -0.2) is 17.4 Å². The van der Waals surface area contributed by atoms with Gasteiger partial charge in [-0.05, 0) is 35.6 Å². The molecule has 2 rings (SSSR count). The Balaban J connectivity index is 2.12. The maximum atomic E-state index is 13.3. The number of nitriles is 1. The highest BCUT2D eigenvalue weighted by Gasteiger charge is 2.31. The Hall–Kier alpha value is -1.89. The summed E-state index contributed by atoms with van der Waals surface area (Å²) >= 11 is 0. The van der Waals surface area contributed by atoms with Gasteiger partial charge in [0.15, 0.2) is 0 Å². The van der Waals surface area contributed by atoms with E-state index < -0.39 is 5.82 Å². The van der Waals surface area contributed by atoms with Gasteiger partial charge in [0.05, 0.1) is 11.6 Å². The molecule has 1 amide bonds. The maximum absolute atomic E-state index is 13.3. The fourth-order valence-corrected chi connectivity index (χ4v) is 2.43. The van der Waals surface area contributed by atoms with Crippen molar-refractivity contribution in [3.8, 4) is 6.07 Å². The minimum atomic E-state index is -0.430. The van der Waals surface area contributed by atoms with Crippen molar-refractivity contribution in [2.24, 2.45) is 11.8 Å². The van der Waals surface area contributed by atoms with Gasteiger partial charge >= 0.3 is 0 Å². The third-order valence-corrected chi connectivity index (χ3v) is 3.65. The molecule has 0 spiro atoms. The van der Waals surface area contributed by atoms with E-state index in [2.05, 4.69) is 13.8 Å². The molecule has 1 aliphatic rings. The standard InChI is InChI=1S/C15H17FN2O/c1-10(2)13-6-15(19)18(9-13)8-12-3-11(7-17)4-14(16)5-12/h3-5,10,13H,6,8-9H2,1-2H3. The molecule has 3 nitrogen and oxygen atoms in total. The quantitative estimate of drug-likeness (QED) is 0.838. The zero-order valence-corrected chi connectivity index (χ0v) is 11.2. The van der Waals surface area contributed by atoms with Crippen LogP contribution in [0.4, 0.5) is 4.39 Å². The average Bonchev–Trinajstić information content (AvgIpc) is 2.70. The van der Waals surface area contributed by atoms with Crippen molar-refractivity contribution >= 4 is 5.91 Å². The lowest BCUT2D eigenvalue weighted by Crippen LogP contribution is -2.25. The van der Waals surface area contributed by atoms with Crippen LogP contribution in [0, 0.1) is 29.0 Å². The summed E-state index contributed by atoms with van der Waals surface area (Å²) in [4.78, 5) is 13.7. The molecule has 19 heavy (non-hydrogen) atoms. The summed E-state index contributed by atoms with van der Waals surface area (Å²) in [7, 11) is 0. The van der Waals surface area contributed by atoms with Crippen molar-refractivity contribution in [1.82, 2.24) is 4.90 Å². The molecule has 0 aliphatic carbocycles. The van der Waals surface area contributed by atoms with Gasteiger partial charge < -0.3 is 4.90 Å². The summed E-state index contributed by atoms with van der Waals surface area (Å²) in [5.74, 6) is 0.523. The van der Waals surface area contributed by atoms with Gasteiger partial charge in [-0.3, -0.25) is 4.79 Å². The molecule has 1 atom stereocenters. The Bertz CT molecular complexity index is 533. The lowest BCUT2D eigenvalue weighted by atomic mass is 9.95. The lowest BCUT2D eigenvalue weighted by Gasteiger charge is -2.18.